The van der Waals surface area contributed by atoms with Crippen molar-refractivity contribution in [1.82, 2.24) is 14.8 Å². The molecule has 1 atom stereocenters. The van der Waals surface area contributed by atoms with Crippen LogP contribution in [-0.2, 0) is 21.4 Å². The number of aryl methyl sites for hydroxylation is 1. The molecule has 1 fully saturated rings. The van der Waals surface area contributed by atoms with Gasteiger partial charge in [0.25, 0.3) is 0 Å². The van der Waals surface area contributed by atoms with E-state index in [2.05, 4.69) is 10.5 Å². The number of carbonyl (C=O) groups excluding carboxylic acids is 1. The molecule has 1 saturated heterocycles. The summed E-state index contributed by atoms with van der Waals surface area (Å²) in [7, 11) is -2.29. The predicted molar refractivity (Wildman–Crippen MR) is 133 cm³/mol. The number of hydrogen-bond donors (Lipinski definition) is 1. The number of ether oxygens (including phenoxy) is 1. The third-order valence-corrected chi connectivity index (χ3v) is 8.06. The number of hydrogen-bond acceptors (Lipinski definition) is 6. The van der Waals surface area contributed by atoms with Crippen molar-refractivity contribution in [2.75, 3.05) is 20.2 Å². The second-order valence-corrected chi connectivity index (χ2v) is 10.3. The van der Waals surface area contributed by atoms with Crippen LogP contribution in [0, 0.1) is 12.8 Å². The molecule has 9 heteroatoms. The molecule has 2 aromatic carbocycles. The lowest BCUT2D eigenvalue weighted by Gasteiger charge is -2.31. The minimum atomic E-state index is -3.89. The van der Waals surface area contributed by atoms with Gasteiger partial charge in [-0.2, -0.15) is 4.31 Å². The smallest absolute Gasteiger partial charge is 0.248 e. The number of piperidine rings is 1. The average Bonchev–Trinajstić information content (AvgIpc) is 3.28. The summed E-state index contributed by atoms with van der Waals surface area (Å²) < 4.78 is 39.0. The monoisotopic (exact) mass is 495 g/mol. The number of benzene rings is 2. The van der Waals surface area contributed by atoms with Gasteiger partial charge in [0, 0.05) is 19.6 Å². The van der Waals surface area contributed by atoms with Crippen LogP contribution in [0.5, 0.6) is 5.75 Å². The number of sulfonamides is 1. The Balaban J connectivity index is 1.45. The molecule has 4 rings (SSSR count). The molecule has 0 saturated carbocycles. The summed E-state index contributed by atoms with van der Waals surface area (Å²) in [5.41, 5.74) is 2.15. The van der Waals surface area contributed by atoms with E-state index in [-0.39, 0.29) is 23.1 Å². The van der Waals surface area contributed by atoms with E-state index in [1.807, 2.05) is 54.6 Å². The molecule has 8 nitrogen and oxygen atoms in total. The Labute approximate surface area is 205 Å². The van der Waals surface area contributed by atoms with Crippen LogP contribution in [0.2, 0.25) is 0 Å². The second kappa shape index (κ2) is 10.9. The molecule has 0 unspecified atom stereocenters. The summed E-state index contributed by atoms with van der Waals surface area (Å²) in [5.74, 6) is 0.333. The van der Waals surface area contributed by atoms with Crippen LogP contribution in [0.4, 0.5) is 0 Å². The Bertz CT molecular complexity index is 1280. The number of amides is 1. The quantitative estimate of drug-likeness (QED) is 0.509. The molecule has 0 bridgehead atoms. The van der Waals surface area contributed by atoms with Crippen LogP contribution in [0.25, 0.3) is 12.2 Å². The summed E-state index contributed by atoms with van der Waals surface area (Å²) in [6.07, 6.45) is 4.62. The molecule has 3 aromatic rings. The fraction of sp³-hybridized carbons (Fsp3) is 0.308. The molecule has 1 amide bonds. The molecule has 1 aromatic heterocycles. The highest BCUT2D eigenvalue weighted by Gasteiger charge is 2.36. The molecule has 0 spiro atoms. The van der Waals surface area contributed by atoms with E-state index < -0.39 is 15.9 Å². The van der Waals surface area contributed by atoms with E-state index in [0.29, 0.717) is 31.6 Å². The van der Waals surface area contributed by atoms with Gasteiger partial charge in [-0.25, -0.2) is 8.42 Å². The largest absolute Gasteiger partial charge is 0.497 e. The van der Waals surface area contributed by atoms with E-state index in [1.54, 1.807) is 26.2 Å². The zero-order chi connectivity index (χ0) is 24.8. The molecule has 184 valence electrons. The first-order valence-corrected chi connectivity index (χ1v) is 12.9. The summed E-state index contributed by atoms with van der Waals surface area (Å²) in [6, 6.07) is 17.0. The van der Waals surface area contributed by atoms with E-state index >= 15 is 0 Å². The van der Waals surface area contributed by atoms with Crippen LogP contribution < -0.4 is 10.1 Å². The Kier molecular flexibility index (Phi) is 7.67. The molecule has 2 heterocycles. The number of rotatable bonds is 8. The first-order chi connectivity index (χ1) is 16.9. The van der Waals surface area contributed by atoms with E-state index in [9.17, 15) is 13.2 Å². The molecule has 0 radical (unpaired) electrons. The van der Waals surface area contributed by atoms with Crippen LogP contribution >= 0.6 is 0 Å². The van der Waals surface area contributed by atoms with Crippen molar-refractivity contribution in [2.45, 2.75) is 31.2 Å². The van der Waals surface area contributed by atoms with E-state index in [0.717, 1.165) is 16.9 Å². The van der Waals surface area contributed by atoms with Crippen molar-refractivity contribution >= 4 is 28.1 Å². The molecule has 1 aliphatic rings. The summed E-state index contributed by atoms with van der Waals surface area (Å²) in [5, 5.41) is 6.83. The van der Waals surface area contributed by atoms with Gasteiger partial charge in [-0.1, -0.05) is 53.7 Å². The fourth-order valence-electron chi connectivity index (χ4n) is 4.12. The van der Waals surface area contributed by atoms with Gasteiger partial charge >= 0.3 is 0 Å². The molecule has 35 heavy (non-hydrogen) atoms. The number of aromatic nitrogens is 1. The molecular weight excluding hydrogens is 466 g/mol. The molecule has 1 aliphatic heterocycles. The van der Waals surface area contributed by atoms with Gasteiger partial charge in [-0.15, -0.1) is 0 Å². The average molecular weight is 496 g/mol. The maximum absolute atomic E-state index is 13.6. The van der Waals surface area contributed by atoms with E-state index in [1.165, 1.54) is 4.31 Å². The summed E-state index contributed by atoms with van der Waals surface area (Å²) in [4.78, 5) is 12.9. The van der Waals surface area contributed by atoms with Gasteiger partial charge in [0.05, 0.1) is 13.0 Å². The summed E-state index contributed by atoms with van der Waals surface area (Å²) in [6.45, 7) is 2.44. The number of carbonyl (C=O) groups is 1. The Hall–Kier alpha value is -3.43. The third kappa shape index (κ3) is 5.80. The van der Waals surface area contributed by atoms with Gasteiger partial charge in [0.15, 0.2) is 10.7 Å². The lowest BCUT2D eigenvalue weighted by atomic mass is 9.99. The maximum atomic E-state index is 13.6. The van der Waals surface area contributed by atoms with Crippen molar-refractivity contribution in [2.24, 2.45) is 5.92 Å². The predicted octanol–water partition coefficient (Wildman–Crippen LogP) is 3.88. The lowest BCUT2D eigenvalue weighted by Crippen LogP contribution is -2.45. The van der Waals surface area contributed by atoms with Crippen molar-refractivity contribution in [3.05, 3.63) is 77.2 Å². The van der Waals surface area contributed by atoms with Crippen molar-refractivity contribution < 1.29 is 22.5 Å². The van der Waals surface area contributed by atoms with Crippen molar-refractivity contribution in [3.63, 3.8) is 0 Å². The van der Waals surface area contributed by atoms with Crippen molar-refractivity contribution in [1.29, 1.82) is 0 Å². The van der Waals surface area contributed by atoms with Gasteiger partial charge in [-0.05, 0) is 49.1 Å². The van der Waals surface area contributed by atoms with Crippen LogP contribution in [0.15, 0.2) is 64.0 Å². The van der Waals surface area contributed by atoms with Gasteiger partial charge in [-0.3, -0.25) is 4.79 Å². The highest BCUT2D eigenvalue weighted by Crippen LogP contribution is 2.29. The normalized spacial score (nSPS) is 16.9. The minimum Gasteiger partial charge on any atom is -0.497 e. The zero-order valence-corrected chi connectivity index (χ0v) is 20.6. The molecule has 0 aliphatic carbocycles. The Morgan fingerprint density at radius 1 is 1.17 bits per heavy atom. The minimum absolute atomic E-state index is 0.0453. The summed E-state index contributed by atoms with van der Waals surface area (Å²) >= 11 is 0. The number of nitrogens with one attached hydrogen (secondary N) is 1. The van der Waals surface area contributed by atoms with Crippen LogP contribution in [0.3, 0.4) is 0 Å². The number of methoxy groups -OCH3 is 1. The Morgan fingerprint density at radius 3 is 2.63 bits per heavy atom. The zero-order valence-electron chi connectivity index (χ0n) is 19.8. The fourth-order valence-corrected chi connectivity index (χ4v) is 5.89. The standard InChI is InChI=1S/C26H29N3O5S/c1-19-25(24(34-28-19)15-12-20-7-4-3-5-8-20)35(31,32)29-16-6-9-22(18-29)26(30)27-17-21-10-13-23(33-2)14-11-21/h3-5,7-8,10-15,22H,6,9,16-18H2,1-2H3,(H,27,30)/b15-12+/t22-/m1/s1. The maximum Gasteiger partial charge on any atom is 0.248 e. The highest BCUT2D eigenvalue weighted by atomic mass is 32.2. The topological polar surface area (TPSA) is 102 Å². The van der Waals surface area contributed by atoms with Gasteiger partial charge < -0.3 is 14.6 Å². The van der Waals surface area contributed by atoms with Crippen LogP contribution in [-0.4, -0.2) is 44.0 Å². The highest BCUT2D eigenvalue weighted by molar-refractivity contribution is 7.89. The second-order valence-electron chi connectivity index (χ2n) is 8.47. The van der Waals surface area contributed by atoms with Crippen molar-refractivity contribution in [3.8, 4) is 5.75 Å². The first-order valence-electron chi connectivity index (χ1n) is 11.5. The first kappa shape index (κ1) is 24.7. The third-order valence-electron chi connectivity index (χ3n) is 6.04. The Morgan fingerprint density at radius 2 is 1.91 bits per heavy atom. The van der Waals surface area contributed by atoms with E-state index in [4.69, 9.17) is 9.26 Å². The van der Waals surface area contributed by atoms with Gasteiger partial charge in [0.2, 0.25) is 15.9 Å². The SMILES string of the molecule is COc1ccc(CNC(=O)[C@@H]2CCCN(S(=O)(=O)c3c(C)noc3/C=C/c3ccccc3)C2)cc1. The molecule has 1 N–H and O–H groups in total. The van der Waals surface area contributed by atoms with Gasteiger partial charge in [0.1, 0.15) is 11.4 Å². The lowest BCUT2D eigenvalue weighted by molar-refractivity contribution is -0.126. The van der Waals surface area contributed by atoms with Crippen LogP contribution in [0.1, 0.15) is 35.4 Å². The molecular formula is C26H29N3O5S. The number of nitrogens with zero attached hydrogens (tertiary/aromatic N) is 2.